The average Bonchev–Trinajstić information content (AvgIpc) is 2.37. The highest BCUT2D eigenvalue weighted by Crippen LogP contribution is 2.26. The van der Waals surface area contributed by atoms with E-state index in [-0.39, 0.29) is 0 Å². The quantitative estimate of drug-likeness (QED) is 0.659. The van der Waals surface area contributed by atoms with Crippen LogP contribution >= 0.6 is 0 Å². The molecule has 0 aliphatic rings. The van der Waals surface area contributed by atoms with Crippen molar-refractivity contribution in [1.82, 2.24) is 4.98 Å². The van der Waals surface area contributed by atoms with Crippen LogP contribution in [0.1, 0.15) is 75.5 Å². The van der Waals surface area contributed by atoms with Crippen molar-refractivity contribution in [3.63, 3.8) is 0 Å². The smallest absolute Gasteiger partial charge is 0.129 e. The molecule has 1 atom stereocenters. The van der Waals surface area contributed by atoms with Crippen LogP contribution in [0.25, 0.3) is 0 Å². The molecule has 1 heterocycles. The van der Waals surface area contributed by atoms with Crippen LogP contribution in [0.15, 0.2) is 12.3 Å². The van der Waals surface area contributed by atoms with E-state index in [9.17, 15) is 5.11 Å². The molecule has 0 bridgehead atoms. The first kappa shape index (κ1) is 16.0. The van der Waals surface area contributed by atoms with Crippen molar-refractivity contribution in [2.75, 3.05) is 5.73 Å². The Bertz CT molecular complexity index is 346. The summed E-state index contributed by atoms with van der Waals surface area (Å²) in [5.74, 6) is 0.468. The second-order valence-corrected chi connectivity index (χ2v) is 5.35. The van der Waals surface area contributed by atoms with Gasteiger partial charge in [0.05, 0.1) is 6.10 Å². The maximum Gasteiger partial charge on any atom is 0.129 e. The van der Waals surface area contributed by atoms with Crippen molar-refractivity contribution in [3.8, 4) is 0 Å². The average molecular weight is 264 g/mol. The Hall–Kier alpha value is -1.09. The van der Waals surface area contributed by atoms with E-state index in [2.05, 4.69) is 11.9 Å². The molecule has 1 rings (SSSR count). The number of rotatable bonds is 9. The minimum absolute atomic E-state index is 0.468. The van der Waals surface area contributed by atoms with Gasteiger partial charge < -0.3 is 10.8 Å². The van der Waals surface area contributed by atoms with E-state index in [0.717, 1.165) is 24.0 Å². The van der Waals surface area contributed by atoms with E-state index in [4.69, 9.17) is 5.73 Å². The van der Waals surface area contributed by atoms with Crippen molar-refractivity contribution in [1.29, 1.82) is 0 Å². The van der Waals surface area contributed by atoms with Gasteiger partial charge in [-0.2, -0.15) is 0 Å². The van der Waals surface area contributed by atoms with Gasteiger partial charge in [0, 0.05) is 11.8 Å². The van der Waals surface area contributed by atoms with Crippen molar-refractivity contribution >= 4 is 5.82 Å². The lowest BCUT2D eigenvalue weighted by molar-refractivity contribution is 0.163. The van der Waals surface area contributed by atoms with Crippen LogP contribution in [0, 0.1) is 6.92 Å². The number of nitrogen functional groups attached to an aromatic ring is 1. The Labute approximate surface area is 117 Å². The Morgan fingerprint density at radius 3 is 2.42 bits per heavy atom. The van der Waals surface area contributed by atoms with E-state index in [1.165, 1.54) is 38.5 Å². The number of nitrogens with two attached hydrogens (primary N) is 1. The molecule has 3 nitrogen and oxygen atoms in total. The predicted octanol–water partition coefficient (Wildman–Crippen LogP) is 4.15. The van der Waals surface area contributed by atoms with E-state index >= 15 is 0 Å². The predicted molar refractivity (Wildman–Crippen MR) is 81.0 cm³/mol. The Morgan fingerprint density at radius 1 is 1.16 bits per heavy atom. The van der Waals surface area contributed by atoms with Crippen molar-refractivity contribution in [2.45, 2.75) is 71.3 Å². The van der Waals surface area contributed by atoms with Crippen LogP contribution in [0.2, 0.25) is 0 Å². The van der Waals surface area contributed by atoms with Gasteiger partial charge in [-0.1, -0.05) is 51.9 Å². The Balaban J connectivity index is 2.26. The molecule has 1 aromatic heterocycles. The van der Waals surface area contributed by atoms with Gasteiger partial charge in [0.25, 0.3) is 0 Å². The zero-order chi connectivity index (χ0) is 14.1. The molecular formula is C16H28N2O. The van der Waals surface area contributed by atoms with Crippen molar-refractivity contribution < 1.29 is 5.11 Å². The second-order valence-electron chi connectivity index (χ2n) is 5.35. The van der Waals surface area contributed by atoms with E-state index < -0.39 is 6.10 Å². The summed E-state index contributed by atoms with van der Waals surface area (Å²) in [5.41, 5.74) is 7.68. The lowest BCUT2D eigenvalue weighted by atomic mass is 9.99. The fourth-order valence-electron chi connectivity index (χ4n) is 2.46. The summed E-state index contributed by atoms with van der Waals surface area (Å²) in [5, 5.41) is 10.2. The number of aliphatic hydroxyl groups is 1. The summed E-state index contributed by atoms with van der Waals surface area (Å²) in [6, 6.07) is 1.90. The normalized spacial score (nSPS) is 12.6. The van der Waals surface area contributed by atoms with Gasteiger partial charge in [-0.25, -0.2) is 4.98 Å². The summed E-state index contributed by atoms with van der Waals surface area (Å²) in [4.78, 5) is 4.06. The van der Waals surface area contributed by atoms with Gasteiger partial charge in [-0.3, -0.25) is 0 Å². The molecule has 0 saturated heterocycles. The first-order valence-corrected chi connectivity index (χ1v) is 7.55. The number of aliphatic hydroxyl groups excluding tert-OH is 1. The summed E-state index contributed by atoms with van der Waals surface area (Å²) < 4.78 is 0. The number of hydrogen-bond donors (Lipinski definition) is 2. The van der Waals surface area contributed by atoms with E-state index in [1.54, 1.807) is 6.20 Å². The minimum Gasteiger partial charge on any atom is -0.388 e. The topological polar surface area (TPSA) is 59.1 Å². The lowest BCUT2D eigenvalue weighted by Crippen LogP contribution is -2.06. The van der Waals surface area contributed by atoms with Crippen LogP contribution in [0.4, 0.5) is 5.82 Å². The second kappa shape index (κ2) is 8.92. The van der Waals surface area contributed by atoms with Gasteiger partial charge in [-0.05, 0) is 25.0 Å². The first-order chi connectivity index (χ1) is 9.16. The molecule has 0 aromatic carbocycles. The molecule has 0 radical (unpaired) electrons. The maximum absolute atomic E-state index is 10.2. The molecule has 0 fully saturated rings. The van der Waals surface area contributed by atoms with Crippen LogP contribution < -0.4 is 5.73 Å². The monoisotopic (exact) mass is 264 g/mol. The maximum atomic E-state index is 10.2. The minimum atomic E-state index is -0.468. The van der Waals surface area contributed by atoms with Crippen LogP contribution in [0.5, 0.6) is 0 Å². The third-order valence-electron chi connectivity index (χ3n) is 3.65. The molecule has 0 spiro atoms. The lowest BCUT2D eigenvalue weighted by Gasteiger charge is -2.15. The molecule has 19 heavy (non-hydrogen) atoms. The molecule has 0 aliphatic heterocycles. The molecule has 0 aliphatic carbocycles. The van der Waals surface area contributed by atoms with Crippen molar-refractivity contribution in [3.05, 3.63) is 23.4 Å². The first-order valence-electron chi connectivity index (χ1n) is 7.55. The van der Waals surface area contributed by atoms with Crippen LogP contribution in [0.3, 0.4) is 0 Å². The summed E-state index contributed by atoms with van der Waals surface area (Å²) in [6.07, 6.45) is 10.8. The summed E-state index contributed by atoms with van der Waals surface area (Å²) in [6.45, 7) is 4.21. The fourth-order valence-corrected chi connectivity index (χ4v) is 2.46. The number of nitrogens with zero attached hydrogens (tertiary/aromatic N) is 1. The standard InChI is InChI=1S/C16H28N2O/c1-3-4-5-6-7-8-9-10-14(19)15-13(2)11-12-18-16(15)17/h11-12,14,19H,3-10H2,1-2H3,(H2,17,18). The molecule has 3 N–H and O–H groups in total. The Kier molecular flexibility index (Phi) is 7.49. The molecule has 0 amide bonds. The number of anilines is 1. The largest absolute Gasteiger partial charge is 0.388 e. The third-order valence-corrected chi connectivity index (χ3v) is 3.65. The van der Waals surface area contributed by atoms with E-state index in [1.807, 2.05) is 13.0 Å². The number of aromatic nitrogens is 1. The van der Waals surface area contributed by atoms with Gasteiger partial charge >= 0.3 is 0 Å². The highest BCUT2D eigenvalue weighted by Gasteiger charge is 2.13. The van der Waals surface area contributed by atoms with E-state index in [0.29, 0.717) is 5.82 Å². The number of hydrogen-bond acceptors (Lipinski definition) is 3. The molecule has 108 valence electrons. The number of unbranched alkanes of at least 4 members (excludes halogenated alkanes) is 6. The molecule has 0 saturated carbocycles. The van der Waals surface area contributed by atoms with Gasteiger partial charge in [0.15, 0.2) is 0 Å². The van der Waals surface area contributed by atoms with Crippen LogP contribution in [-0.4, -0.2) is 10.1 Å². The van der Waals surface area contributed by atoms with Gasteiger partial charge in [0.2, 0.25) is 0 Å². The SMILES string of the molecule is CCCCCCCCCC(O)c1c(C)ccnc1N. The highest BCUT2D eigenvalue weighted by atomic mass is 16.3. The molecule has 1 unspecified atom stereocenters. The fraction of sp³-hybridized carbons (Fsp3) is 0.688. The molecular weight excluding hydrogens is 236 g/mol. The Morgan fingerprint density at radius 2 is 1.79 bits per heavy atom. The third kappa shape index (κ3) is 5.60. The zero-order valence-corrected chi connectivity index (χ0v) is 12.4. The van der Waals surface area contributed by atoms with Gasteiger partial charge in [0.1, 0.15) is 5.82 Å². The molecule has 3 heteroatoms. The zero-order valence-electron chi connectivity index (χ0n) is 12.4. The van der Waals surface area contributed by atoms with Crippen molar-refractivity contribution in [2.24, 2.45) is 0 Å². The number of aryl methyl sites for hydroxylation is 1. The summed E-state index contributed by atoms with van der Waals surface area (Å²) in [7, 11) is 0. The highest BCUT2D eigenvalue weighted by molar-refractivity contribution is 5.45. The summed E-state index contributed by atoms with van der Waals surface area (Å²) >= 11 is 0. The number of pyridine rings is 1. The van der Waals surface area contributed by atoms with Crippen LogP contribution in [-0.2, 0) is 0 Å². The molecule has 1 aromatic rings. The van der Waals surface area contributed by atoms with Gasteiger partial charge in [-0.15, -0.1) is 0 Å².